The van der Waals surface area contributed by atoms with Gasteiger partial charge < -0.3 is 15.0 Å². The van der Waals surface area contributed by atoms with Crippen molar-refractivity contribution in [2.45, 2.75) is 38.7 Å². The second-order valence-electron chi connectivity index (χ2n) is 4.50. The first-order valence-electron chi connectivity index (χ1n) is 6.27. The Hall–Kier alpha value is -0.120. The summed E-state index contributed by atoms with van der Waals surface area (Å²) in [6, 6.07) is 0. The van der Waals surface area contributed by atoms with E-state index in [0.29, 0.717) is 0 Å². The van der Waals surface area contributed by atoms with Gasteiger partial charge in [-0.25, -0.2) is 0 Å². The third kappa shape index (κ3) is 3.74. The number of nitrogens with one attached hydrogen (secondary N) is 1. The van der Waals surface area contributed by atoms with E-state index in [1.165, 1.54) is 32.5 Å². The predicted octanol–water partition coefficient (Wildman–Crippen LogP) is 1.49. The molecule has 0 radical (unpaired) electrons. The average Bonchev–Trinajstić information content (AvgIpc) is 2.28. The van der Waals surface area contributed by atoms with E-state index in [9.17, 15) is 0 Å². The summed E-state index contributed by atoms with van der Waals surface area (Å²) in [6.07, 6.45) is 3.45. The van der Waals surface area contributed by atoms with Gasteiger partial charge in [0.15, 0.2) is 0 Å². The van der Waals surface area contributed by atoms with E-state index in [-0.39, 0.29) is 5.60 Å². The van der Waals surface area contributed by atoms with E-state index in [2.05, 4.69) is 24.1 Å². The number of hydrogen-bond donors (Lipinski definition) is 1. The molecule has 15 heavy (non-hydrogen) atoms. The topological polar surface area (TPSA) is 24.5 Å². The molecule has 3 heteroatoms. The van der Waals surface area contributed by atoms with Crippen LogP contribution >= 0.6 is 0 Å². The molecule has 90 valence electrons. The van der Waals surface area contributed by atoms with Crippen molar-refractivity contribution in [3.05, 3.63) is 0 Å². The van der Waals surface area contributed by atoms with Gasteiger partial charge in [0.1, 0.15) is 0 Å². The number of likely N-dealkylation sites (N-methyl/N-ethyl adjacent to an activating group) is 1. The highest BCUT2D eigenvalue weighted by molar-refractivity contribution is 4.89. The minimum atomic E-state index is 0.108. The van der Waals surface area contributed by atoms with Crippen LogP contribution < -0.4 is 5.32 Å². The van der Waals surface area contributed by atoms with Crippen LogP contribution in [0, 0.1) is 0 Å². The van der Waals surface area contributed by atoms with Crippen molar-refractivity contribution < 1.29 is 4.74 Å². The molecule has 1 aliphatic rings. The molecular formula is C12H26N2O. The van der Waals surface area contributed by atoms with Gasteiger partial charge in [0.05, 0.1) is 5.60 Å². The molecule has 0 aromatic heterocycles. The summed E-state index contributed by atoms with van der Waals surface area (Å²) in [6.45, 7) is 9.83. The van der Waals surface area contributed by atoms with Gasteiger partial charge >= 0.3 is 0 Å². The zero-order chi connectivity index (χ0) is 11.1. The van der Waals surface area contributed by atoms with Crippen molar-refractivity contribution in [1.29, 1.82) is 0 Å². The van der Waals surface area contributed by atoms with Gasteiger partial charge in [-0.15, -0.1) is 0 Å². The maximum Gasteiger partial charge on any atom is 0.0830 e. The van der Waals surface area contributed by atoms with Gasteiger partial charge in [0, 0.05) is 26.2 Å². The molecule has 1 rings (SSSR count). The number of likely N-dealkylation sites (tertiary alicyclic amines) is 1. The van der Waals surface area contributed by atoms with Gasteiger partial charge in [-0.1, -0.05) is 13.8 Å². The lowest BCUT2D eigenvalue weighted by molar-refractivity contribution is -0.0804. The lowest BCUT2D eigenvalue weighted by Gasteiger charge is -2.41. The molecular weight excluding hydrogens is 188 g/mol. The molecule has 3 nitrogen and oxygen atoms in total. The van der Waals surface area contributed by atoms with E-state index in [0.717, 1.165) is 19.6 Å². The molecule has 0 saturated carbocycles. The highest BCUT2D eigenvalue weighted by Crippen LogP contribution is 2.25. The van der Waals surface area contributed by atoms with Crippen LogP contribution in [0.1, 0.15) is 33.1 Å². The van der Waals surface area contributed by atoms with Crippen LogP contribution in [0.4, 0.5) is 0 Å². The first kappa shape index (κ1) is 12.9. The molecule has 0 amide bonds. The maximum absolute atomic E-state index is 6.06. The molecule has 0 aromatic carbocycles. The predicted molar refractivity (Wildman–Crippen MR) is 64.2 cm³/mol. The van der Waals surface area contributed by atoms with Crippen LogP contribution in [0.15, 0.2) is 0 Å². The van der Waals surface area contributed by atoms with Crippen molar-refractivity contribution >= 4 is 0 Å². The molecule has 1 heterocycles. The molecule has 1 saturated heterocycles. The minimum absolute atomic E-state index is 0.108. The van der Waals surface area contributed by atoms with Crippen LogP contribution in [-0.2, 0) is 4.74 Å². The monoisotopic (exact) mass is 214 g/mol. The third-order valence-corrected chi connectivity index (χ3v) is 3.33. The first-order chi connectivity index (χ1) is 7.26. The lowest BCUT2D eigenvalue weighted by atomic mass is 9.91. The first-order valence-corrected chi connectivity index (χ1v) is 6.27. The highest BCUT2D eigenvalue weighted by atomic mass is 16.5. The summed E-state index contributed by atoms with van der Waals surface area (Å²) in [5.41, 5.74) is 0.108. The molecule has 0 bridgehead atoms. The van der Waals surface area contributed by atoms with Crippen molar-refractivity contribution in [2.24, 2.45) is 0 Å². The molecule has 0 spiro atoms. The summed E-state index contributed by atoms with van der Waals surface area (Å²) in [5.74, 6) is 0. The van der Waals surface area contributed by atoms with Gasteiger partial charge in [0.2, 0.25) is 0 Å². The third-order valence-electron chi connectivity index (χ3n) is 3.33. The summed E-state index contributed by atoms with van der Waals surface area (Å²) < 4.78 is 6.06. The number of hydrogen-bond acceptors (Lipinski definition) is 3. The van der Waals surface area contributed by atoms with Crippen LogP contribution in [0.2, 0.25) is 0 Å². The summed E-state index contributed by atoms with van der Waals surface area (Å²) >= 11 is 0. The van der Waals surface area contributed by atoms with Gasteiger partial charge in [-0.2, -0.15) is 0 Å². The largest absolute Gasteiger partial charge is 0.374 e. The Kier molecular flexibility index (Phi) is 5.58. The maximum atomic E-state index is 6.06. The van der Waals surface area contributed by atoms with Crippen molar-refractivity contribution in [3.8, 4) is 0 Å². The Morgan fingerprint density at radius 3 is 2.40 bits per heavy atom. The zero-order valence-electron chi connectivity index (χ0n) is 10.5. The Bertz CT molecular complexity index is 165. The molecule has 0 atom stereocenters. The van der Waals surface area contributed by atoms with Crippen LogP contribution in [0.3, 0.4) is 0 Å². The second-order valence-corrected chi connectivity index (χ2v) is 4.50. The van der Waals surface area contributed by atoms with Crippen molar-refractivity contribution in [3.63, 3.8) is 0 Å². The van der Waals surface area contributed by atoms with E-state index >= 15 is 0 Å². The lowest BCUT2D eigenvalue weighted by Crippen LogP contribution is -2.51. The highest BCUT2D eigenvalue weighted by Gasteiger charge is 2.34. The van der Waals surface area contributed by atoms with E-state index in [1.54, 1.807) is 0 Å². The standard InChI is InChI=1S/C12H26N2O/c1-4-10-15-12(11-13-3)6-8-14(5-2)9-7-12/h13H,4-11H2,1-3H3. The van der Waals surface area contributed by atoms with Crippen LogP contribution in [0.25, 0.3) is 0 Å². The average molecular weight is 214 g/mol. The number of piperidine rings is 1. The summed E-state index contributed by atoms with van der Waals surface area (Å²) in [4.78, 5) is 2.50. The van der Waals surface area contributed by atoms with E-state index < -0.39 is 0 Å². The number of rotatable bonds is 6. The fourth-order valence-electron chi connectivity index (χ4n) is 2.29. The zero-order valence-corrected chi connectivity index (χ0v) is 10.5. The van der Waals surface area contributed by atoms with Gasteiger partial charge in [0.25, 0.3) is 0 Å². The summed E-state index contributed by atoms with van der Waals surface area (Å²) in [5, 5.41) is 3.28. The Morgan fingerprint density at radius 2 is 1.93 bits per heavy atom. The molecule has 0 aromatic rings. The van der Waals surface area contributed by atoms with E-state index in [1.807, 2.05) is 7.05 Å². The van der Waals surface area contributed by atoms with E-state index in [4.69, 9.17) is 4.74 Å². The normalized spacial score (nSPS) is 21.8. The fourth-order valence-corrected chi connectivity index (χ4v) is 2.29. The van der Waals surface area contributed by atoms with Crippen LogP contribution in [-0.4, -0.2) is 50.3 Å². The molecule has 1 N–H and O–H groups in total. The number of ether oxygens (including phenoxy) is 1. The Balaban J connectivity index is 2.44. The van der Waals surface area contributed by atoms with Crippen molar-refractivity contribution in [2.75, 3.05) is 39.8 Å². The van der Waals surface area contributed by atoms with Crippen molar-refractivity contribution in [1.82, 2.24) is 10.2 Å². The molecule has 0 unspecified atom stereocenters. The smallest absolute Gasteiger partial charge is 0.0830 e. The van der Waals surface area contributed by atoms with Gasteiger partial charge in [-0.05, 0) is 32.9 Å². The SMILES string of the molecule is CCCOC1(CNC)CCN(CC)CC1. The fraction of sp³-hybridized carbons (Fsp3) is 1.00. The number of nitrogens with zero attached hydrogens (tertiary/aromatic N) is 1. The second kappa shape index (κ2) is 6.46. The molecule has 1 fully saturated rings. The quantitative estimate of drug-likeness (QED) is 0.725. The Morgan fingerprint density at radius 1 is 1.27 bits per heavy atom. The minimum Gasteiger partial charge on any atom is -0.374 e. The van der Waals surface area contributed by atoms with Crippen LogP contribution in [0.5, 0.6) is 0 Å². The van der Waals surface area contributed by atoms with Gasteiger partial charge in [-0.3, -0.25) is 0 Å². The summed E-state index contributed by atoms with van der Waals surface area (Å²) in [7, 11) is 2.02. The molecule has 1 aliphatic heterocycles. The Labute approximate surface area is 94.2 Å². The molecule has 0 aliphatic carbocycles.